The molecule has 1 aromatic carbocycles. The zero-order valence-corrected chi connectivity index (χ0v) is 15.6. The molecule has 0 spiro atoms. The second-order valence-corrected chi connectivity index (χ2v) is 7.28. The molecule has 4 rings (SSSR count). The molecule has 3 aromatic heterocycles. The highest BCUT2D eigenvalue weighted by molar-refractivity contribution is 7.09. The molecule has 0 unspecified atom stereocenters. The molecule has 4 N–H and O–H groups in total. The highest BCUT2D eigenvalue weighted by Gasteiger charge is 2.22. The van der Waals surface area contributed by atoms with Crippen molar-refractivity contribution in [2.24, 2.45) is 0 Å². The van der Waals surface area contributed by atoms with Crippen LogP contribution in [0.1, 0.15) is 23.1 Å². The molecule has 0 saturated carbocycles. The van der Waals surface area contributed by atoms with Crippen molar-refractivity contribution in [3.05, 3.63) is 58.3 Å². The lowest BCUT2D eigenvalue weighted by Gasteiger charge is -2.12. The van der Waals surface area contributed by atoms with Gasteiger partial charge in [-0.1, -0.05) is 17.9 Å². The largest absolute Gasteiger partial charge is 0.371 e. The molecule has 134 valence electrons. The molecule has 0 aliphatic carbocycles. The summed E-state index contributed by atoms with van der Waals surface area (Å²) in [5.74, 6) is 6.21. The van der Waals surface area contributed by atoms with Crippen LogP contribution in [0.4, 0.5) is 5.95 Å². The number of fused-ring (bicyclic) bond motifs is 1. The van der Waals surface area contributed by atoms with Gasteiger partial charge in [0.1, 0.15) is 10.5 Å². The van der Waals surface area contributed by atoms with Gasteiger partial charge in [-0.15, -0.1) is 11.3 Å². The lowest BCUT2D eigenvalue weighted by molar-refractivity contribution is 0.122. The second-order valence-electron chi connectivity index (χ2n) is 6.38. The maximum atomic E-state index is 10.6. The number of benzene rings is 1. The number of nitrogen functional groups attached to an aromatic ring is 1. The molecular weight excluding hydrogens is 358 g/mol. The predicted octanol–water partition coefficient (Wildman–Crippen LogP) is 3.23. The number of anilines is 1. The van der Waals surface area contributed by atoms with Gasteiger partial charge in [0.2, 0.25) is 5.95 Å². The van der Waals surface area contributed by atoms with Gasteiger partial charge in [-0.2, -0.15) is 0 Å². The van der Waals surface area contributed by atoms with E-state index in [9.17, 15) is 5.11 Å². The summed E-state index contributed by atoms with van der Waals surface area (Å²) in [6, 6.07) is 5.92. The number of H-pyrrole nitrogens is 1. The van der Waals surface area contributed by atoms with Crippen molar-refractivity contribution in [1.82, 2.24) is 19.9 Å². The lowest BCUT2D eigenvalue weighted by Crippen LogP contribution is -2.17. The maximum absolute atomic E-state index is 10.6. The van der Waals surface area contributed by atoms with Gasteiger partial charge in [-0.25, -0.2) is 15.0 Å². The summed E-state index contributed by atoms with van der Waals surface area (Å²) >= 11 is 1.38. The van der Waals surface area contributed by atoms with Gasteiger partial charge in [-0.3, -0.25) is 0 Å². The van der Waals surface area contributed by atoms with E-state index in [4.69, 9.17) is 5.73 Å². The molecule has 0 aliphatic rings. The number of nitrogens with one attached hydrogen (secondary N) is 1. The Balaban J connectivity index is 1.77. The number of nitrogens with two attached hydrogens (primary N) is 1. The molecule has 0 fully saturated rings. The van der Waals surface area contributed by atoms with Gasteiger partial charge >= 0.3 is 0 Å². The minimum atomic E-state index is -1.29. The third-order valence-electron chi connectivity index (χ3n) is 4.26. The Labute approximate surface area is 160 Å². The van der Waals surface area contributed by atoms with Crippen molar-refractivity contribution in [3.8, 4) is 23.0 Å². The van der Waals surface area contributed by atoms with E-state index in [-0.39, 0.29) is 5.95 Å². The average Bonchev–Trinajstić information content (AvgIpc) is 3.31. The molecule has 7 heteroatoms. The highest BCUT2D eigenvalue weighted by atomic mass is 32.1. The Morgan fingerprint density at radius 3 is 2.89 bits per heavy atom. The first-order chi connectivity index (χ1) is 12.9. The third kappa shape index (κ3) is 3.28. The molecule has 0 bridgehead atoms. The number of nitrogens with zero attached hydrogens (tertiary/aromatic N) is 3. The highest BCUT2D eigenvalue weighted by Crippen LogP contribution is 2.30. The van der Waals surface area contributed by atoms with Crippen LogP contribution >= 0.6 is 11.3 Å². The van der Waals surface area contributed by atoms with Crippen LogP contribution in [0.2, 0.25) is 0 Å². The van der Waals surface area contributed by atoms with Crippen molar-refractivity contribution < 1.29 is 5.11 Å². The van der Waals surface area contributed by atoms with Crippen molar-refractivity contribution in [2.45, 2.75) is 19.4 Å². The normalized spacial score (nSPS) is 13.1. The van der Waals surface area contributed by atoms with E-state index in [1.807, 2.05) is 36.7 Å². The quantitative estimate of drug-likeness (QED) is 0.467. The number of aromatic amines is 1. The molecule has 4 aromatic rings. The topological polar surface area (TPSA) is 101 Å². The number of aliphatic hydroxyl groups is 1. The number of hydrogen-bond acceptors (Lipinski definition) is 6. The van der Waals surface area contributed by atoms with Crippen molar-refractivity contribution in [2.75, 3.05) is 5.73 Å². The van der Waals surface area contributed by atoms with Crippen LogP contribution in [0.3, 0.4) is 0 Å². The van der Waals surface area contributed by atoms with E-state index in [0.717, 1.165) is 33.3 Å². The van der Waals surface area contributed by atoms with Crippen LogP contribution in [0, 0.1) is 18.8 Å². The first-order valence-corrected chi connectivity index (χ1v) is 9.18. The van der Waals surface area contributed by atoms with Crippen LogP contribution < -0.4 is 5.73 Å². The van der Waals surface area contributed by atoms with Gasteiger partial charge in [0.15, 0.2) is 5.60 Å². The summed E-state index contributed by atoms with van der Waals surface area (Å²) in [4.78, 5) is 15.7. The summed E-state index contributed by atoms with van der Waals surface area (Å²) < 4.78 is 0. The number of rotatable bonds is 2. The van der Waals surface area contributed by atoms with Gasteiger partial charge in [-0.05, 0) is 37.1 Å². The summed E-state index contributed by atoms with van der Waals surface area (Å²) in [5.41, 5.74) is 9.87. The molecule has 27 heavy (non-hydrogen) atoms. The monoisotopic (exact) mass is 375 g/mol. The van der Waals surface area contributed by atoms with Crippen LogP contribution in [0.15, 0.2) is 42.2 Å². The number of hydrogen-bond donors (Lipinski definition) is 3. The summed E-state index contributed by atoms with van der Waals surface area (Å²) in [7, 11) is 0. The molecule has 0 saturated heterocycles. The zero-order valence-electron chi connectivity index (χ0n) is 14.8. The van der Waals surface area contributed by atoms with Gasteiger partial charge in [0.25, 0.3) is 0 Å². The number of aromatic nitrogens is 4. The number of thiazole rings is 1. The molecular formula is C20H17N5OS. The summed E-state index contributed by atoms with van der Waals surface area (Å²) in [5, 5.41) is 12.9. The first-order valence-electron chi connectivity index (χ1n) is 8.30. The fourth-order valence-corrected chi connectivity index (χ4v) is 3.48. The Kier molecular flexibility index (Phi) is 4.15. The Morgan fingerprint density at radius 2 is 2.11 bits per heavy atom. The van der Waals surface area contributed by atoms with Crippen molar-refractivity contribution >= 4 is 28.3 Å². The van der Waals surface area contributed by atoms with E-state index in [2.05, 4.69) is 31.8 Å². The Bertz CT molecular complexity index is 1180. The first kappa shape index (κ1) is 17.2. The summed E-state index contributed by atoms with van der Waals surface area (Å²) in [6.07, 6.45) is 5.22. The SMILES string of the molecule is Cc1ccc(C#C[C@@](C)(O)c2nccs2)cc1-c1c[nH]c2cnc(N)nc12. The standard InChI is InChI=1S/C20H17N5OS/c1-12-3-4-13(5-6-20(2,26)18-22-7-8-27-18)9-14(12)15-10-23-16-11-24-19(21)25-17(15)16/h3-4,7-11,23,26H,1-2H3,(H2,21,24,25)/t20-/m1/s1. The van der Waals surface area contributed by atoms with Crippen molar-refractivity contribution in [1.29, 1.82) is 0 Å². The fraction of sp³-hybridized carbons (Fsp3) is 0.150. The van der Waals surface area contributed by atoms with Gasteiger partial charge in [0.05, 0.1) is 11.7 Å². The van der Waals surface area contributed by atoms with Crippen LogP contribution in [-0.2, 0) is 5.60 Å². The Hall–Kier alpha value is -3.21. The smallest absolute Gasteiger partial charge is 0.220 e. The van der Waals surface area contributed by atoms with E-state index in [1.165, 1.54) is 11.3 Å². The van der Waals surface area contributed by atoms with Crippen molar-refractivity contribution in [3.63, 3.8) is 0 Å². The third-order valence-corrected chi connectivity index (χ3v) is 5.25. The van der Waals surface area contributed by atoms with Crippen LogP contribution in [-0.4, -0.2) is 25.0 Å². The van der Waals surface area contributed by atoms with Crippen LogP contribution in [0.25, 0.3) is 22.2 Å². The molecule has 0 aliphatic heterocycles. The minimum Gasteiger partial charge on any atom is -0.371 e. The molecule has 1 atom stereocenters. The fourth-order valence-electron chi connectivity index (χ4n) is 2.83. The maximum Gasteiger partial charge on any atom is 0.220 e. The van der Waals surface area contributed by atoms with E-state index in [1.54, 1.807) is 19.3 Å². The summed E-state index contributed by atoms with van der Waals surface area (Å²) in [6.45, 7) is 3.68. The van der Waals surface area contributed by atoms with Gasteiger partial charge in [0, 0.05) is 28.9 Å². The molecule has 0 radical (unpaired) electrons. The molecule has 3 heterocycles. The van der Waals surface area contributed by atoms with Gasteiger partial charge < -0.3 is 15.8 Å². The van der Waals surface area contributed by atoms with E-state index < -0.39 is 5.60 Å². The van der Waals surface area contributed by atoms with E-state index in [0.29, 0.717) is 5.01 Å². The number of aryl methyl sites for hydroxylation is 1. The Morgan fingerprint density at radius 1 is 1.26 bits per heavy atom. The second kappa shape index (κ2) is 6.50. The molecule has 6 nitrogen and oxygen atoms in total. The zero-order chi connectivity index (χ0) is 19.0. The average molecular weight is 375 g/mol. The van der Waals surface area contributed by atoms with Crippen LogP contribution in [0.5, 0.6) is 0 Å². The minimum absolute atomic E-state index is 0.233. The predicted molar refractivity (Wildman–Crippen MR) is 107 cm³/mol. The molecule has 0 amide bonds. The van der Waals surface area contributed by atoms with E-state index >= 15 is 0 Å². The lowest BCUT2D eigenvalue weighted by atomic mass is 9.99.